The molecular weight excluding hydrogens is 464 g/mol. The molecule has 0 radical (unpaired) electrons. The van der Waals surface area contributed by atoms with Crippen LogP contribution in [0.3, 0.4) is 0 Å². The van der Waals surface area contributed by atoms with Crippen molar-refractivity contribution in [1.82, 2.24) is 19.4 Å². The van der Waals surface area contributed by atoms with Crippen LogP contribution in [0.15, 0.2) is 60.9 Å². The Labute approximate surface area is 215 Å². The smallest absolute Gasteiger partial charge is 0.253 e. The molecule has 3 heterocycles. The van der Waals surface area contributed by atoms with Crippen molar-refractivity contribution in [2.75, 3.05) is 24.1 Å². The minimum Gasteiger partial charge on any atom is -0.383 e. The summed E-state index contributed by atoms with van der Waals surface area (Å²) in [6.07, 6.45) is 3.57. The maximum absolute atomic E-state index is 12.9. The van der Waals surface area contributed by atoms with Gasteiger partial charge >= 0.3 is 0 Å². The Balaban J connectivity index is 1.63. The monoisotopic (exact) mass is 494 g/mol. The van der Waals surface area contributed by atoms with E-state index in [0.717, 1.165) is 59.3 Å². The number of hydrogen-bond acceptors (Lipinski definition) is 5. The molecule has 0 unspecified atom stereocenters. The molecule has 0 saturated carbocycles. The molecule has 2 amide bonds. The predicted octanol–water partition coefficient (Wildman–Crippen LogP) is 4.94. The Bertz CT molecular complexity index is 1550. The van der Waals surface area contributed by atoms with E-state index in [1.54, 1.807) is 6.92 Å². The third kappa shape index (κ3) is 4.35. The van der Waals surface area contributed by atoms with E-state index in [1.807, 2.05) is 65.9 Å². The first-order valence-electron chi connectivity index (χ1n) is 12.3. The van der Waals surface area contributed by atoms with Gasteiger partial charge in [-0.1, -0.05) is 24.8 Å². The van der Waals surface area contributed by atoms with Gasteiger partial charge in [-0.25, -0.2) is 9.97 Å². The maximum Gasteiger partial charge on any atom is 0.253 e. The zero-order valence-corrected chi connectivity index (χ0v) is 21.3. The number of anilines is 2. The molecule has 1 aliphatic heterocycles. The van der Waals surface area contributed by atoms with E-state index in [9.17, 15) is 9.59 Å². The molecule has 0 spiro atoms. The number of aryl methyl sites for hydroxylation is 2. The normalized spacial score (nSPS) is 13.2. The summed E-state index contributed by atoms with van der Waals surface area (Å²) in [6.45, 7) is 9.00. The molecule has 8 heteroatoms. The number of hydrogen-bond donors (Lipinski definition) is 2. The minimum atomic E-state index is -0.218. The van der Waals surface area contributed by atoms with E-state index in [-0.39, 0.29) is 11.8 Å². The van der Waals surface area contributed by atoms with Crippen molar-refractivity contribution >= 4 is 34.4 Å². The number of nitrogens with zero attached hydrogens (tertiary/aromatic N) is 4. The standard InChI is InChI=1S/C29H30N6O2/c1-17(2)28(36)33-21-11-12-22(18(3)15-21)25-23(24-26(30)31-16-32-27(24)34(25)4)19-7-9-20(10-8-19)29(37)35-13-5-6-14-35/h7-12,15-16H,1,5-6,13-14H2,2-4H3,(H,33,36)(H2,30,31,32). The lowest BCUT2D eigenvalue weighted by Gasteiger charge is -2.16. The van der Waals surface area contributed by atoms with Crippen LogP contribution in [-0.2, 0) is 11.8 Å². The Morgan fingerprint density at radius 3 is 2.41 bits per heavy atom. The van der Waals surface area contributed by atoms with E-state index in [2.05, 4.69) is 21.9 Å². The van der Waals surface area contributed by atoms with Gasteiger partial charge in [-0.15, -0.1) is 0 Å². The zero-order chi connectivity index (χ0) is 26.3. The van der Waals surface area contributed by atoms with Crippen LogP contribution in [0.2, 0.25) is 0 Å². The Hall–Kier alpha value is -4.46. The largest absolute Gasteiger partial charge is 0.383 e. The number of amides is 2. The molecule has 0 aliphatic carbocycles. The highest BCUT2D eigenvalue weighted by atomic mass is 16.2. The lowest BCUT2D eigenvalue weighted by Crippen LogP contribution is -2.27. The van der Waals surface area contributed by atoms with Crippen LogP contribution in [0.5, 0.6) is 0 Å². The number of aromatic nitrogens is 3. The van der Waals surface area contributed by atoms with E-state index in [4.69, 9.17) is 5.73 Å². The number of carbonyl (C=O) groups excluding carboxylic acids is 2. The number of likely N-dealkylation sites (tertiary alicyclic amines) is 1. The number of nitrogen functional groups attached to an aromatic ring is 1. The second-order valence-electron chi connectivity index (χ2n) is 9.58. The third-order valence-corrected chi connectivity index (χ3v) is 6.94. The van der Waals surface area contributed by atoms with Crippen LogP contribution in [0.4, 0.5) is 11.5 Å². The van der Waals surface area contributed by atoms with E-state index in [1.165, 1.54) is 6.33 Å². The molecule has 4 aromatic rings. The lowest BCUT2D eigenvalue weighted by atomic mass is 9.95. The highest BCUT2D eigenvalue weighted by Crippen LogP contribution is 2.42. The quantitative estimate of drug-likeness (QED) is 0.382. The Morgan fingerprint density at radius 2 is 1.76 bits per heavy atom. The summed E-state index contributed by atoms with van der Waals surface area (Å²) in [4.78, 5) is 35.7. The fraction of sp³-hybridized carbons (Fsp3) is 0.241. The van der Waals surface area contributed by atoms with Crippen LogP contribution in [0.1, 0.15) is 35.7 Å². The van der Waals surface area contributed by atoms with Crippen LogP contribution < -0.4 is 11.1 Å². The predicted molar refractivity (Wildman–Crippen MR) is 147 cm³/mol. The molecular formula is C29H30N6O2. The van der Waals surface area contributed by atoms with Crippen molar-refractivity contribution < 1.29 is 9.59 Å². The van der Waals surface area contributed by atoms with Gasteiger partial charge in [-0.3, -0.25) is 9.59 Å². The zero-order valence-electron chi connectivity index (χ0n) is 21.3. The number of rotatable bonds is 5. The average molecular weight is 495 g/mol. The van der Waals surface area contributed by atoms with Crippen molar-refractivity contribution in [1.29, 1.82) is 0 Å². The molecule has 1 fully saturated rings. The van der Waals surface area contributed by atoms with Gasteiger partial charge in [-0.05, 0) is 62.1 Å². The molecule has 5 rings (SSSR count). The molecule has 2 aromatic carbocycles. The van der Waals surface area contributed by atoms with Crippen LogP contribution in [-0.4, -0.2) is 44.3 Å². The van der Waals surface area contributed by atoms with Gasteiger partial charge < -0.3 is 20.5 Å². The summed E-state index contributed by atoms with van der Waals surface area (Å²) in [5.41, 5.74) is 13.6. The van der Waals surface area contributed by atoms with Gasteiger partial charge in [0.15, 0.2) is 0 Å². The highest BCUT2D eigenvalue weighted by Gasteiger charge is 2.24. The average Bonchev–Trinajstić information content (AvgIpc) is 3.52. The number of nitrogens with one attached hydrogen (secondary N) is 1. The fourth-order valence-corrected chi connectivity index (χ4v) is 5.00. The van der Waals surface area contributed by atoms with E-state index in [0.29, 0.717) is 28.3 Å². The second kappa shape index (κ2) is 9.54. The van der Waals surface area contributed by atoms with Crippen molar-refractivity contribution in [2.45, 2.75) is 26.7 Å². The molecule has 2 aromatic heterocycles. The van der Waals surface area contributed by atoms with Gasteiger partial charge in [0, 0.05) is 48.1 Å². The minimum absolute atomic E-state index is 0.0632. The topological polar surface area (TPSA) is 106 Å². The summed E-state index contributed by atoms with van der Waals surface area (Å²) in [6, 6.07) is 13.5. The van der Waals surface area contributed by atoms with Gasteiger partial charge in [0.2, 0.25) is 0 Å². The van der Waals surface area contributed by atoms with Crippen molar-refractivity contribution in [2.24, 2.45) is 7.05 Å². The van der Waals surface area contributed by atoms with Crippen molar-refractivity contribution in [3.63, 3.8) is 0 Å². The van der Waals surface area contributed by atoms with E-state index < -0.39 is 0 Å². The number of fused-ring (bicyclic) bond motifs is 1. The first kappa shape index (κ1) is 24.2. The Morgan fingerprint density at radius 1 is 1.05 bits per heavy atom. The van der Waals surface area contributed by atoms with Gasteiger partial charge in [0.25, 0.3) is 11.8 Å². The molecule has 37 heavy (non-hydrogen) atoms. The first-order valence-corrected chi connectivity index (χ1v) is 12.3. The van der Waals surface area contributed by atoms with Crippen LogP contribution in [0.25, 0.3) is 33.4 Å². The maximum atomic E-state index is 12.9. The number of carbonyl (C=O) groups is 2. The summed E-state index contributed by atoms with van der Waals surface area (Å²) < 4.78 is 2.01. The summed E-state index contributed by atoms with van der Waals surface area (Å²) in [7, 11) is 1.95. The van der Waals surface area contributed by atoms with Crippen LogP contribution in [0, 0.1) is 6.92 Å². The number of benzene rings is 2. The van der Waals surface area contributed by atoms with Gasteiger partial charge in [0.05, 0.1) is 11.1 Å². The lowest BCUT2D eigenvalue weighted by molar-refractivity contribution is -0.112. The second-order valence-corrected chi connectivity index (χ2v) is 9.58. The van der Waals surface area contributed by atoms with Gasteiger partial charge in [0.1, 0.15) is 17.8 Å². The Kier molecular flexibility index (Phi) is 6.25. The van der Waals surface area contributed by atoms with Gasteiger partial charge in [-0.2, -0.15) is 0 Å². The first-order chi connectivity index (χ1) is 17.8. The van der Waals surface area contributed by atoms with E-state index >= 15 is 0 Å². The van der Waals surface area contributed by atoms with Crippen molar-refractivity contribution in [3.8, 4) is 22.4 Å². The van der Waals surface area contributed by atoms with Crippen molar-refractivity contribution in [3.05, 3.63) is 72.1 Å². The molecule has 0 bridgehead atoms. The third-order valence-electron chi connectivity index (χ3n) is 6.94. The molecule has 1 saturated heterocycles. The molecule has 188 valence electrons. The van der Waals surface area contributed by atoms with Crippen LogP contribution >= 0.6 is 0 Å². The molecule has 1 aliphatic rings. The molecule has 8 nitrogen and oxygen atoms in total. The number of nitrogens with two attached hydrogens (primary N) is 1. The highest BCUT2D eigenvalue weighted by molar-refractivity contribution is 6.08. The molecule has 3 N–H and O–H groups in total. The summed E-state index contributed by atoms with van der Waals surface area (Å²) in [5, 5.41) is 3.64. The SMILES string of the molecule is C=C(C)C(=O)Nc1ccc(-c2c(-c3ccc(C(=O)N4CCCC4)cc3)c3c(N)ncnc3n2C)c(C)c1. The summed E-state index contributed by atoms with van der Waals surface area (Å²) >= 11 is 0. The fourth-order valence-electron chi connectivity index (χ4n) is 5.00. The molecule has 0 atom stereocenters. The summed E-state index contributed by atoms with van der Waals surface area (Å²) in [5.74, 6) is 0.236.